The van der Waals surface area contributed by atoms with Crippen molar-refractivity contribution in [1.29, 1.82) is 0 Å². The third kappa shape index (κ3) is 2.63. The van der Waals surface area contributed by atoms with Gasteiger partial charge in [-0.15, -0.1) is 0 Å². The summed E-state index contributed by atoms with van der Waals surface area (Å²) in [6.45, 7) is 5.34. The predicted octanol–water partition coefficient (Wildman–Crippen LogP) is 1.14. The van der Waals surface area contributed by atoms with Gasteiger partial charge in [-0.25, -0.2) is 0 Å². The van der Waals surface area contributed by atoms with Gasteiger partial charge < -0.3 is 15.4 Å². The minimum atomic E-state index is 0.0552. The van der Waals surface area contributed by atoms with Crippen LogP contribution in [0.3, 0.4) is 0 Å². The molecule has 0 aromatic rings. The largest absolute Gasteiger partial charge is 0.378 e. The van der Waals surface area contributed by atoms with E-state index in [1.54, 1.807) is 0 Å². The quantitative estimate of drug-likeness (QED) is 0.787. The molecule has 2 fully saturated rings. The summed E-state index contributed by atoms with van der Waals surface area (Å²) in [6, 6.07) is 0.572. The lowest BCUT2D eigenvalue weighted by Crippen LogP contribution is -2.53. The fourth-order valence-electron chi connectivity index (χ4n) is 3.12. The zero-order chi connectivity index (χ0) is 12.4. The van der Waals surface area contributed by atoms with Crippen LogP contribution in [0.25, 0.3) is 0 Å². The molecular formula is C13H24N2O2. The van der Waals surface area contributed by atoms with Gasteiger partial charge >= 0.3 is 0 Å². The number of amides is 1. The molecule has 2 rings (SSSR count). The van der Waals surface area contributed by atoms with Gasteiger partial charge in [0.05, 0.1) is 18.6 Å². The van der Waals surface area contributed by atoms with Crippen molar-refractivity contribution in [3.8, 4) is 0 Å². The molecule has 4 heteroatoms. The summed E-state index contributed by atoms with van der Waals surface area (Å²) in [7, 11) is 0. The van der Waals surface area contributed by atoms with Gasteiger partial charge in [-0.3, -0.25) is 4.79 Å². The Morgan fingerprint density at radius 1 is 1.41 bits per heavy atom. The van der Waals surface area contributed by atoms with E-state index in [9.17, 15) is 4.79 Å². The highest BCUT2D eigenvalue weighted by molar-refractivity contribution is 5.80. The van der Waals surface area contributed by atoms with Gasteiger partial charge in [0, 0.05) is 18.6 Å². The van der Waals surface area contributed by atoms with Crippen LogP contribution in [0.15, 0.2) is 0 Å². The summed E-state index contributed by atoms with van der Waals surface area (Å²) in [6.07, 6.45) is 4.42. The molecule has 0 aliphatic carbocycles. The van der Waals surface area contributed by atoms with Gasteiger partial charge in [0.15, 0.2) is 0 Å². The Bertz CT molecular complexity index is 283. The average Bonchev–Trinajstić information content (AvgIpc) is 2.74. The molecule has 0 aromatic carbocycles. The molecule has 4 unspecified atom stereocenters. The molecule has 0 saturated carbocycles. The Kier molecular flexibility index (Phi) is 4.05. The Balaban J connectivity index is 2.04. The van der Waals surface area contributed by atoms with E-state index in [-0.39, 0.29) is 24.0 Å². The summed E-state index contributed by atoms with van der Waals surface area (Å²) in [5, 5.41) is 0. The Hall–Kier alpha value is -0.610. The number of ether oxygens (including phenoxy) is 1. The van der Waals surface area contributed by atoms with Gasteiger partial charge in [0.2, 0.25) is 5.91 Å². The predicted molar refractivity (Wildman–Crippen MR) is 66.5 cm³/mol. The van der Waals surface area contributed by atoms with Crippen LogP contribution in [0.4, 0.5) is 0 Å². The lowest BCUT2D eigenvalue weighted by atomic mass is 9.93. The molecule has 0 spiro atoms. The minimum absolute atomic E-state index is 0.0552. The molecule has 0 radical (unpaired) electrons. The SMILES string of the molecule is CC1CC(C(=O)N2C(C)CCCC2CN)CO1. The standard InChI is InChI=1S/C13H24N2O2/c1-9-4-3-5-12(7-14)15(9)13(16)11-6-10(2)17-8-11/h9-12H,3-8,14H2,1-2H3. The fraction of sp³-hybridized carbons (Fsp3) is 0.923. The molecule has 98 valence electrons. The van der Waals surface area contributed by atoms with E-state index in [0.717, 1.165) is 19.3 Å². The molecular weight excluding hydrogens is 216 g/mol. The van der Waals surface area contributed by atoms with E-state index >= 15 is 0 Å². The highest BCUT2D eigenvalue weighted by Gasteiger charge is 2.37. The van der Waals surface area contributed by atoms with Crippen molar-refractivity contribution < 1.29 is 9.53 Å². The van der Waals surface area contributed by atoms with E-state index in [1.165, 1.54) is 6.42 Å². The third-order valence-electron chi connectivity index (χ3n) is 4.10. The van der Waals surface area contributed by atoms with Crippen molar-refractivity contribution in [1.82, 2.24) is 4.90 Å². The zero-order valence-corrected chi connectivity index (χ0v) is 10.9. The second-order valence-electron chi connectivity index (χ2n) is 5.49. The zero-order valence-electron chi connectivity index (χ0n) is 10.9. The summed E-state index contributed by atoms with van der Waals surface area (Å²) in [4.78, 5) is 14.6. The van der Waals surface area contributed by atoms with Crippen molar-refractivity contribution >= 4 is 5.91 Å². The molecule has 0 bridgehead atoms. The molecule has 17 heavy (non-hydrogen) atoms. The number of rotatable bonds is 2. The van der Waals surface area contributed by atoms with Gasteiger partial charge in [0.1, 0.15) is 0 Å². The summed E-state index contributed by atoms with van der Waals surface area (Å²) in [5.41, 5.74) is 5.79. The van der Waals surface area contributed by atoms with E-state index < -0.39 is 0 Å². The number of carbonyl (C=O) groups excluding carboxylic acids is 1. The van der Waals surface area contributed by atoms with Crippen molar-refractivity contribution in [3.05, 3.63) is 0 Å². The van der Waals surface area contributed by atoms with Crippen molar-refractivity contribution in [3.63, 3.8) is 0 Å². The normalized spacial score (nSPS) is 38.4. The molecule has 0 aromatic heterocycles. The topological polar surface area (TPSA) is 55.6 Å². The second-order valence-corrected chi connectivity index (χ2v) is 5.49. The number of nitrogens with zero attached hydrogens (tertiary/aromatic N) is 1. The van der Waals surface area contributed by atoms with Gasteiger partial charge in [-0.05, 0) is 39.5 Å². The number of piperidine rings is 1. The summed E-state index contributed by atoms with van der Waals surface area (Å²) in [5.74, 6) is 0.316. The monoisotopic (exact) mass is 240 g/mol. The number of carbonyl (C=O) groups is 1. The fourth-order valence-corrected chi connectivity index (χ4v) is 3.12. The lowest BCUT2D eigenvalue weighted by molar-refractivity contribution is -0.142. The molecule has 2 aliphatic heterocycles. The van der Waals surface area contributed by atoms with Crippen LogP contribution in [0.1, 0.15) is 39.5 Å². The van der Waals surface area contributed by atoms with E-state index in [0.29, 0.717) is 19.2 Å². The van der Waals surface area contributed by atoms with Crippen LogP contribution in [0.5, 0.6) is 0 Å². The van der Waals surface area contributed by atoms with Gasteiger partial charge in [0.25, 0.3) is 0 Å². The number of hydrogen-bond donors (Lipinski definition) is 1. The van der Waals surface area contributed by atoms with Gasteiger partial charge in [-0.1, -0.05) is 0 Å². The first-order chi connectivity index (χ1) is 8.13. The van der Waals surface area contributed by atoms with E-state index in [2.05, 4.69) is 6.92 Å². The van der Waals surface area contributed by atoms with Crippen LogP contribution in [0, 0.1) is 5.92 Å². The number of hydrogen-bond acceptors (Lipinski definition) is 3. The molecule has 2 saturated heterocycles. The highest BCUT2D eigenvalue weighted by Crippen LogP contribution is 2.28. The van der Waals surface area contributed by atoms with Crippen LogP contribution >= 0.6 is 0 Å². The summed E-state index contributed by atoms with van der Waals surface area (Å²) >= 11 is 0. The molecule has 4 nitrogen and oxygen atoms in total. The lowest BCUT2D eigenvalue weighted by Gasteiger charge is -2.41. The van der Waals surface area contributed by atoms with Crippen molar-refractivity contribution in [2.24, 2.45) is 11.7 Å². The molecule has 4 atom stereocenters. The second kappa shape index (κ2) is 5.36. The van der Waals surface area contributed by atoms with Crippen LogP contribution in [0.2, 0.25) is 0 Å². The molecule has 2 heterocycles. The molecule has 1 amide bonds. The number of likely N-dealkylation sites (tertiary alicyclic amines) is 1. The minimum Gasteiger partial charge on any atom is -0.378 e. The first-order valence-electron chi connectivity index (χ1n) is 6.77. The number of nitrogens with two attached hydrogens (primary N) is 1. The first kappa shape index (κ1) is 12.8. The van der Waals surface area contributed by atoms with E-state index in [1.807, 2.05) is 11.8 Å². The summed E-state index contributed by atoms with van der Waals surface area (Å²) < 4.78 is 5.50. The maximum Gasteiger partial charge on any atom is 0.228 e. The highest BCUT2D eigenvalue weighted by atomic mass is 16.5. The Morgan fingerprint density at radius 3 is 2.76 bits per heavy atom. The third-order valence-corrected chi connectivity index (χ3v) is 4.10. The van der Waals surface area contributed by atoms with Crippen molar-refractivity contribution in [2.75, 3.05) is 13.2 Å². The van der Waals surface area contributed by atoms with E-state index in [4.69, 9.17) is 10.5 Å². The maximum atomic E-state index is 12.5. The molecule has 2 N–H and O–H groups in total. The maximum absolute atomic E-state index is 12.5. The molecule has 2 aliphatic rings. The Labute approximate surface area is 103 Å². The van der Waals surface area contributed by atoms with Crippen molar-refractivity contribution in [2.45, 2.75) is 57.7 Å². The van der Waals surface area contributed by atoms with Crippen LogP contribution in [-0.2, 0) is 9.53 Å². The average molecular weight is 240 g/mol. The van der Waals surface area contributed by atoms with Crippen LogP contribution < -0.4 is 5.73 Å². The smallest absolute Gasteiger partial charge is 0.228 e. The van der Waals surface area contributed by atoms with Crippen LogP contribution in [-0.4, -0.2) is 42.1 Å². The first-order valence-corrected chi connectivity index (χ1v) is 6.77. The van der Waals surface area contributed by atoms with Gasteiger partial charge in [-0.2, -0.15) is 0 Å². The Morgan fingerprint density at radius 2 is 2.18 bits per heavy atom.